The molecule has 2 aromatic rings. The molecule has 1 aromatic carbocycles. The molecule has 2 heterocycles. The minimum Gasteiger partial charge on any atom is -0.485 e. The van der Waals surface area contributed by atoms with E-state index in [0.29, 0.717) is 11.3 Å². The molecular formula is C18H15F3N2O3. The fourth-order valence-corrected chi connectivity index (χ4v) is 3.11. The number of alkyl halides is 3. The summed E-state index contributed by atoms with van der Waals surface area (Å²) in [6, 6.07) is 7.78. The van der Waals surface area contributed by atoms with Crippen LogP contribution in [0.25, 0.3) is 0 Å². The van der Waals surface area contributed by atoms with E-state index < -0.39 is 35.4 Å². The van der Waals surface area contributed by atoms with Crippen molar-refractivity contribution < 1.29 is 27.8 Å². The molecule has 0 fully saturated rings. The van der Waals surface area contributed by atoms with Gasteiger partial charge in [0.15, 0.2) is 0 Å². The van der Waals surface area contributed by atoms with Crippen LogP contribution in [0.4, 0.5) is 13.2 Å². The van der Waals surface area contributed by atoms with Gasteiger partial charge >= 0.3 is 6.18 Å². The van der Waals surface area contributed by atoms with E-state index in [1.807, 2.05) is 6.07 Å². The molecular weight excluding hydrogens is 349 g/mol. The first-order valence-electron chi connectivity index (χ1n) is 7.76. The molecule has 8 heteroatoms. The maximum Gasteiger partial charge on any atom is 0.456 e. The van der Waals surface area contributed by atoms with Crippen LogP contribution < -0.4 is 4.74 Å². The standard InChI is InChI=1S/C18H15F3N2O3/c1-17(2)16(25)14(11-8-10(9-22)5-6-13(11)26-17)23-7-3-4-12(23)15(24)18(19,20)21/h3-8,14,16,25H,1-2H3/t14-,16+/m1/s1. The van der Waals surface area contributed by atoms with Crippen molar-refractivity contribution in [1.29, 1.82) is 5.26 Å². The second-order valence-electron chi connectivity index (χ2n) is 6.59. The van der Waals surface area contributed by atoms with Crippen molar-refractivity contribution in [2.45, 2.75) is 37.8 Å². The molecule has 0 spiro atoms. The van der Waals surface area contributed by atoms with Gasteiger partial charge in [-0.1, -0.05) is 0 Å². The van der Waals surface area contributed by atoms with Gasteiger partial charge in [-0.05, 0) is 44.2 Å². The van der Waals surface area contributed by atoms with Crippen molar-refractivity contribution in [3.05, 3.63) is 53.3 Å². The van der Waals surface area contributed by atoms with E-state index in [1.165, 1.54) is 30.5 Å². The smallest absolute Gasteiger partial charge is 0.456 e. The highest BCUT2D eigenvalue weighted by Gasteiger charge is 2.47. The molecule has 136 valence electrons. The molecule has 26 heavy (non-hydrogen) atoms. The van der Waals surface area contributed by atoms with Crippen molar-refractivity contribution in [2.24, 2.45) is 0 Å². The van der Waals surface area contributed by atoms with Crippen molar-refractivity contribution >= 4 is 5.78 Å². The van der Waals surface area contributed by atoms with Crippen molar-refractivity contribution in [2.75, 3.05) is 0 Å². The Balaban J connectivity index is 2.21. The summed E-state index contributed by atoms with van der Waals surface area (Å²) in [6.07, 6.45) is -4.99. The number of nitrogens with zero attached hydrogens (tertiary/aromatic N) is 2. The zero-order valence-electron chi connectivity index (χ0n) is 13.9. The van der Waals surface area contributed by atoms with Gasteiger partial charge in [0.1, 0.15) is 17.5 Å². The van der Waals surface area contributed by atoms with Crippen LogP contribution in [0.1, 0.15) is 41.5 Å². The van der Waals surface area contributed by atoms with Gasteiger partial charge in [-0.15, -0.1) is 0 Å². The molecule has 0 unspecified atom stereocenters. The Labute approximate surface area is 147 Å². The SMILES string of the molecule is CC1(C)Oc2ccc(C#N)cc2[C@@H](n2cccc2C(=O)C(F)(F)F)[C@@H]1O. The molecule has 0 saturated carbocycles. The van der Waals surface area contributed by atoms with Crippen LogP contribution in [0.15, 0.2) is 36.5 Å². The number of nitriles is 1. The summed E-state index contributed by atoms with van der Waals surface area (Å²) in [7, 11) is 0. The van der Waals surface area contributed by atoms with Crippen LogP contribution in [0, 0.1) is 11.3 Å². The third-order valence-corrected chi connectivity index (χ3v) is 4.41. The van der Waals surface area contributed by atoms with Crippen molar-refractivity contribution in [3.63, 3.8) is 0 Å². The predicted molar refractivity (Wildman–Crippen MR) is 84.8 cm³/mol. The number of ether oxygens (including phenoxy) is 1. The maximum atomic E-state index is 12.9. The highest BCUT2D eigenvalue weighted by molar-refractivity contribution is 5.99. The summed E-state index contributed by atoms with van der Waals surface area (Å²) in [5.41, 5.74) is -1.11. The first kappa shape index (κ1) is 18.0. The van der Waals surface area contributed by atoms with Crippen LogP contribution in [0.5, 0.6) is 5.75 Å². The number of fused-ring (bicyclic) bond motifs is 1. The Kier molecular flexibility index (Phi) is 4.08. The fraction of sp³-hybridized carbons (Fsp3) is 0.333. The maximum absolute atomic E-state index is 12.9. The summed E-state index contributed by atoms with van der Waals surface area (Å²) in [5, 5.41) is 19.9. The quantitative estimate of drug-likeness (QED) is 0.831. The molecule has 0 aliphatic carbocycles. The number of carbonyl (C=O) groups is 1. The highest BCUT2D eigenvalue weighted by Crippen LogP contribution is 2.43. The Morgan fingerprint density at radius 1 is 1.35 bits per heavy atom. The van der Waals surface area contributed by atoms with Gasteiger partial charge in [-0.3, -0.25) is 4.79 Å². The summed E-state index contributed by atoms with van der Waals surface area (Å²) in [4.78, 5) is 11.8. The number of aromatic nitrogens is 1. The van der Waals surface area contributed by atoms with Crippen LogP contribution in [-0.2, 0) is 0 Å². The molecule has 0 amide bonds. The lowest BCUT2D eigenvalue weighted by Gasteiger charge is -2.43. The minimum absolute atomic E-state index is 0.264. The van der Waals surface area contributed by atoms with Gasteiger partial charge in [0, 0.05) is 11.8 Å². The Morgan fingerprint density at radius 3 is 2.65 bits per heavy atom. The second-order valence-corrected chi connectivity index (χ2v) is 6.59. The minimum atomic E-state index is -5.04. The lowest BCUT2D eigenvalue weighted by atomic mass is 9.85. The largest absolute Gasteiger partial charge is 0.485 e. The average molecular weight is 364 g/mol. The zero-order valence-corrected chi connectivity index (χ0v) is 13.9. The molecule has 3 rings (SSSR count). The molecule has 0 radical (unpaired) electrons. The summed E-state index contributed by atoms with van der Waals surface area (Å²) < 4.78 is 45.6. The number of aliphatic hydroxyl groups excluding tert-OH is 1. The molecule has 1 aliphatic rings. The summed E-state index contributed by atoms with van der Waals surface area (Å²) in [5.74, 6) is -1.67. The van der Waals surface area contributed by atoms with Gasteiger partial charge < -0.3 is 14.4 Å². The lowest BCUT2D eigenvalue weighted by molar-refractivity contribution is -0.0899. The highest BCUT2D eigenvalue weighted by atomic mass is 19.4. The second kappa shape index (κ2) is 5.88. The molecule has 5 nitrogen and oxygen atoms in total. The molecule has 0 saturated heterocycles. The average Bonchev–Trinajstić information content (AvgIpc) is 3.02. The van der Waals surface area contributed by atoms with Gasteiger partial charge in [0.05, 0.1) is 23.4 Å². The Morgan fingerprint density at radius 2 is 2.04 bits per heavy atom. The van der Waals surface area contributed by atoms with E-state index in [0.717, 1.165) is 10.6 Å². The number of Topliss-reactive ketones (excluding diaryl/α,β-unsaturated/α-hetero) is 1. The number of benzene rings is 1. The molecule has 1 aliphatic heterocycles. The van der Waals surface area contributed by atoms with E-state index in [9.17, 15) is 23.1 Å². The van der Waals surface area contributed by atoms with E-state index in [-0.39, 0.29) is 5.56 Å². The van der Waals surface area contributed by atoms with Crippen LogP contribution >= 0.6 is 0 Å². The van der Waals surface area contributed by atoms with E-state index in [4.69, 9.17) is 10.00 Å². The topological polar surface area (TPSA) is 75.2 Å². The van der Waals surface area contributed by atoms with Crippen molar-refractivity contribution in [1.82, 2.24) is 4.57 Å². The van der Waals surface area contributed by atoms with Crippen LogP contribution in [0.2, 0.25) is 0 Å². The zero-order chi connectivity index (χ0) is 19.3. The third-order valence-electron chi connectivity index (χ3n) is 4.41. The molecule has 2 atom stereocenters. The third kappa shape index (κ3) is 2.84. The van der Waals surface area contributed by atoms with E-state index in [2.05, 4.69) is 0 Å². The first-order valence-corrected chi connectivity index (χ1v) is 7.76. The number of hydrogen-bond donors (Lipinski definition) is 1. The van der Waals surface area contributed by atoms with E-state index in [1.54, 1.807) is 13.8 Å². The first-order chi connectivity index (χ1) is 12.1. The number of hydrogen-bond acceptors (Lipinski definition) is 4. The number of carbonyl (C=O) groups excluding carboxylic acids is 1. The van der Waals surface area contributed by atoms with Crippen LogP contribution in [-0.4, -0.2) is 33.3 Å². The number of rotatable bonds is 2. The summed E-state index contributed by atoms with van der Waals surface area (Å²) in [6.45, 7) is 3.20. The predicted octanol–water partition coefficient (Wildman–Crippen LogP) is 3.23. The molecule has 0 bridgehead atoms. The van der Waals surface area contributed by atoms with Crippen molar-refractivity contribution in [3.8, 4) is 11.8 Å². The van der Waals surface area contributed by atoms with Gasteiger partial charge in [0.25, 0.3) is 5.78 Å². The molecule has 1 N–H and O–H groups in total. The lowest BCUT2D eigenvalue weighted by Crippen LogP contribution is -2.51. The Bertz CT molecular complexity index is 909. The monoisotopic (exact) mass is 364 g/mol. The fourth-order valence-electron chi connectivity index (χ4n) is 3.11. The normalized spacial score (nSPS) is 21.4. The number of aliphatic hydroxyl groups is 1. The summed E-state index contributed by atoms with van der Waals surface area (Å²) >= 11 is 0. The number of halogens is 3. The van der Waals surface area contributed by atoms with Gasteiger partial charge in [-0.2, -0.15) is 18.4 Å². The van der Waals surface area contributed by atoms with Gasteiger partial charge in [-0.25, -0.2) is 0 Å². The Hall–Kier alpha value is -2.79. The van der Waals surface area contributed by atoms with Gasteiger partial charge in [0.2, 0.25) is 0 Å². The van der Waals surface area contributed by atoms with E-state index >= 15 is 0 Å². The number of ketones is 1. The van der Waals surface area contributed by atoms with Crippen LogP contribution in [0.3, 0.4) is 0 Å². The molecule has 1 aromatic heterocycles.